The van der Waals surface area contributed by atoms with Crippen LogP contribution in [0.4, 0.5) is 5.69 Å². The lowest BCUT2D eigenvalue weighted by Gasteiger charge is -2.32. The molecule has 0 unspecified atom stereocenters. The lowest BCUT2D eigenvalue weighted by atomic mass is 9.83. The molecular weight excluding hydrogens is 348 g/mol. The number of anilines is 1. The fraction of sp³-hybridized carbons (Fsp3) is 0.526. The normalized spacial score (nSPS) is 15.9. The fourth-order valence-corrected chi connectivity index (χ4v) is 3.76. The molecule has 0 heterocycles. The first-order valence-electron chi connectivity index (χ1n) is 8.82. The summed E-state index contributed by atoms with van der Waals surface area (Å²) in [5.74, 6) is -0.386. The Balaban J connectivity index is 1.83. The quantitative estimate of drug-likeness (QED) is 0.717. The maximum Gasteiger partial charge on any atom is 0.238 e. The maximum atomic E-state index is 12.3. The average Bonchev–Trinajstić information content (AvgIpc) is 2.62. The van der Waals surface area contributed by atoms with Gasteiger partial charge in [-0.2, -0.15) is 5.26 Å². The molecule has 1 aliphatic carbocycles. The van der Waals surface area contributed by atoms with Crippen molar-refractivity contribution >= 4 is 29.3 Å². The fourth-order valence-electron chi connectivity index (χ4n) is 3.21. The first kappa shape index (κ1) is 20.3. The maximum absolute atomic E-state index is 12.3. The topological polar surface area (TPSA) is 85.2 Å². The number of rotatable bonds is 7. The molecule has 1 aliphatic rings. The van der Waals surface area contributed by atoms with Crippen molar-refractivity contribution in [2.45, 2.75) is 42.5 Å². The molecule has 140 valence electrons. The Kier molecular flexibility index (Phi) is 7.49. The average molecular weight is 375 g/mol. The summed E-state index contributed by atoms with van der Waals surface area (Å²) < 4.78 is 0. The van der Waals surface area contributed by atoms with Gasteiger partial charge in [-0.05, 0) is 38.3 Å². The van der Waals surface area contributed by atoms with Gasteiger partial charge in [-0.15, -0.1) is 11.8 Å². The van der Waals surface area contributed by atoms with Crippen molar-refractivity contribution in [2.24, 2.45) is 0 Å². The Morgan fingerprint density at radius 3 is 2.50 bits per heavy atom. The van der Waals surface area contributed by atoms with Crippen molar-refractivity contribution in [1.82, 2.24) is 10.2 Å². The zero-order chi connectivity index (χ0) is 19.0. The van der Waals surface area contributed by atoms with Gasteiger partial charge in [-0.25, -0.2) is 0 Å². The molecule has 0 atom stereocenters. The summed E-state index contributed by atoms with van der Waals surface area (Å²) in [4.78, 5) is 27.2. The van der Waals surface area contributed by atoms with Crippen LogP contribution >= 0.6 is 11.8 Å². The second-order valence-corrected chi connectivity index (χ2v) is 7.57. The highest BCUT2D eigenvalue weighted by Gasteiger charge is 2.33. The van der Waals surface area contributed by atoms with Gasteiger partial charge in [0.2, 0.25) is 11.8 Å². The zero-order valence-corrected chi connectivity index (χ0v) is 16.2. The Bertz CT molecular complexity index is 680. The second-order valence-electron chi connectivity index (χ2n) is 6.72. The first-order valence-corrected chi connectivity index (χ1v) is 10.0. The van der Waals surface area contributed by atoms with Gasteiger partial charge in [0, 0.05) is 4.90 Å². The lowest BCUT2D eigenvalue weighted by molar-refractivity contribution is -0.124. The molecule has 1 aromatic rings. The van der Waals surface area contributed by atoms with Gasteiger partial charge < -0.3 is 10.6 Å². The van der Waals surface area contributed by atoms with Gasteiger partial charge in [-0.1, -0.05) is 31.4 Å². The molecule has 1 aromatic carbocycles. The number of hydrogen-bond donors (Lipinski definition) is 2. The molecular formula is C19H26N4O2S. The van der Waals surface area contributed by atoms with E-state index >= 15 is 0 Å². The number of amides is 2. The van der Waals surface area contributed by atoms with Crippen molar-refractivity contribution in [2.75, 3.05) is 31.7 Å². The summed E-state index contributed by atoms with van der Waals surface area (Å²) in [5, 5.41) is 15.2. The molecule has 0 spiro atoms. The van der Waals surface area contributed by atoms with E-state index in [4.69, 9.17) is 0 Å². The van der Waals surface area contributed by atoms with Crippen LogP contribution in [0.25, 0.3) is 0 Å². The minimum Gasteiger partial charge on any atom is -0.337 e. The van der Waals surface area contributed by atoms with E-state index in [1.165, 1.54) is 0 Å². The van der Waals surface area contributed by atoms with Crippen LogP contribution in [0.15, 0.2) is 29.2 Å². The summed E-state index contributed by atoms with van der Waals surface area (Å²) in [5.41, 5.74) is 0.0314. The Morgan fingerprint density at radius 1 is 1.19 bits per heavy atom. The van der Waals surface area contributed by atoms with Crippen LogP contribution in [0.3, 0.4) is 0 Å². The van der Waals surface area contributed by atoms with Gasteiger partial charge in [0.25, 0.3) is 0 Å². The summed E-state index contributed by atoms with van der Waals surface area (Å²) >= 11 is 1.57. The SMILES string of the molecule is CSc1ccccc1NC(=O)CN(C)CC(=O)NC1(C#N)CCCCC1. The van der Waals surface area contributed by atoms with Crippen LogP contribution in [0, 0.1) is 11.3 Å². The van der Waals surface area contributed by atoms with Crippen molar-refractivity contribution in [3.8, 4) is 6.07 Å². The van der Waals surface area contributed by atoms with Crippen LogP contribution in [0.5, 0.6) is 0 Å². The minimum absolute atomic E-state index is 0.0843. The van der Waals surface area contributed by atoms with Crippen LogP contribution in [0.2, 0.25) is 0 Å². The number of carbonyl (C=O) groups excluding carboxylic acids is 2. The predicted molar refractivity (Wildman–Crippen MR) is 104 cm³/mol. The number of carbonyl (C=O) groups is 2. The van der Waals surface area contributed by atoms with Crippen molar-refractivity contribution in [3.05, 3.63) is 24.3 Å². The number of para-hydroxylation sites is 1. The number of nitriles is 1. The van der Waals surface area contributed by atoms with Crippen molar-refractivity contribution in [1.29, 1.82) is 5.26 Å². The largest absolute Gasteiger partial charge is 0.337 e. The van der Waals surface area contributed by atoms with E-state index in [1.54, 1.807) is 23.7 Å². The Labute approximate surface area is 159 Å². The van der Waals surface area contributed by atoms with E-state index in [-0.39, 0.29) is 24.9 Å². The number of thioether (sulfide) groups is 1. The minimum atomic E-state index is -0.740. The smallest absolute Gasteiger partial charge is 0.238 e. The lowest BCUT2D eigenvalue weighted by Crippen LogP contribution is -2.51. The van der Waals surface area contributed by atoms with E-state index in [2.05, 4.69) is 16.7 Å². The summed E-state index contributed by atoms with van der Waals surface area (Å²) in [6.45, 7) is 0.191. The molecule has 0 aliphatic heterocycles. The van der Waals surface area contributed by atoms with Gasteiger partial charge >= 0.3 is 0 Å². The molecule has 2 N–H and O–H groups in total. The van der Waals surface area contributed by atoms with Crippen LogP contribution in [-0.2, 0) is 9.59 Å². The molecule has 26 heavy (non-hydrogen) atoms. The molecule has 0 radical (unpaired) electrons. The second kappa shape index (κ2) is 9.60. The molecule has 2 rings (SSSR count). The van der Waals surface area contributed by atoms with E-state index in [0.717, 1.165) is 29.8 Å². The first-order chi connectivity index (χ1) is 12.5. The van der Waals surface area contributed by atoms with E-state index in [0.29, 0.717) is 12.8 Å². The molecule has 1 fully saturated rings. The standard InChI is InChI=1S/C19H26N4O2S/c1-23(12-17(24)21-15-8-4-5-9-16(15)26-2)13-18(25)22-19(14-20)10-6-3-7-11-19/h4-5,8-9H,3,6-7,10-13H2,1-2H3,(H,21,24)(H,22,25). The molecule has 1 saturated carbocycles. The Hall–Kier alpha value is -2.04. The highest BCUT2D eigenvalue weighted by Crippen LogP contribution is 2.27. The van der Waals surface area contributed by atoms with E-state index in [9.17, 15) is 14.9 Å². The number of benzene rings is 1. The van der Waals surface area contributed by atoms with Crippen molar-refractivity contribution in [3.63, 3.8) is 0 Å². The van der Waals surface area contributed by atoms with Crippen LogP contribution in [-0.4, -0.2) is 48.6 Å². The number of likely N-dealkylation sites (N-methyl/N-ethyl adjacent to an activating group) is 1. The van der Waals surface area contributed by atoms with E-state index < -0.39 is 5.54 Å². The van der Waals surface area contributed by atoms with Crippen LogP contribution < -0.4 is 10.6 Å². The summed E-state index contributed by atoms with van der Waals surface area (Å²) in [7, 11) is 1.72. The molecule has 6 nitrogen and oxygen atoms in total. The molecule has 7 heteroatoms. The summed E-state index contributed by atoms with van der Waals surface area (Å²) in [6.07, 6.45) is 6.38. The number of hydrogen-bond acceptors (Lipinski definition) is 5. The Morgan fingerprint density at radius 2 is 1.85 bits per heavy atom. The zero-order valence-electron chi connectivity index (χ0n) is 15.4. The predicted octanol–water partition coefficient (Wildman–Crippen LogP) is 2.62. The highest BCUT2D eigenvalue weighted by atomic mass is 32.2. The number of nitrogens with zero attached hydrogens (tertiary/aromatic N) is 2. The third-order valence-electron chi connectivity index (χ3n) is 4.51. The van der Waals surface area contributed by atoms with Crippen molar-refractivity contribution < 1.29 is 9.59 Å². The molecule has 0 aromatic heterocycles. The van der Waals surface area contributed by atoms with Crippen LogP contribution in [0.1, 0.15) is 32.1 Å². The summed E-state index contributed by atoms with van der Waals surface area (Å²) in [6, 6.07) is 9.88. The molecule has 0 saturated heterocycles. The highest BCUT2D eigenvalue weighted by molar-refractivity contribution is 7.98. The molecule has 0 bridgehead atoms. The number of nitrogens with one attached hydrogen (secondary N) is 2. The van der Waals surface area contributed by atoms with Gasteiger partial charge in [-0.3, -0.25) is 14.5 Å². The van der Waals surface area contributed by atoms with Gasteiger partial charge in [0.15, 0.2) is 0 Å². The van der Waals surface area contributed by atoms with Gasteiger partial charge in [0.05, 0.1) is 24.8 Å². The monoisotopic (exact) mass is 374 g/mol. The molecule has 2 amide bonds. The third-order valence-corrected chi connectivity index (χ3v) is 5.30. The third kappa shape index (κ3) is 5.75. The van der Waals surface area contributed by atoms with E-state index in [1.807, 2.05) is 30.5 Å². The van der Waals surface area contributed by atoms with Gasteiger partial charge in [0.1, 0.15) is 5.54 Å².